The third-order valence-corrected chi connectivity index (χ3v) is 4.90. The number of hydrogen-bond acceptors (Lipinski definition) is 5. The Morgan fingerprint density at radius 2 is 2.00 bits per heavy atom. The highest BCUT2D eigenvalue weighted by Crippen LogP contribution is 2.24. The molecule has 1 heterocycles. The predicted molar refractivity (Wildman–Crippen MR) is 97.1 cm³/mol. The summed E-state index contributed by atoms with van der Waals surface area (Å²) in [5, 5.41) is 3.52. The van der Waals surface area contributed by atoms with E-state index in [0.717, 1.165) is 36.5 Å². The summed E-state index contributed by atoms with van der Waals surface area (Å²) >= 11 is 0. The van der Waals surface area contributed by atoms with Crippen molar-refractivity contribution in [2.24, 2.45) is 0 Å². The van der Waals surface area contributed by atoms with Gasteiger partial charge in [-0.15, -0.1) is 0 Å². The lowest BCUT2D eigenvalue weighted by molar-refractivity contribution is -0.0683. The zero-order valence-corrected chi connectivity index (χ0v) is 15.4. The lowest BCUT2D eigenvalue weighted by atomic mass is 10.0. The van der Waals surface area contributed by atoms with Crippen LogP contribution in [0.4, 0.5) is 11.4 Å². The molecule has 6 heteroatoms. The van der Waals surface area contributed by atoms with E-state index in [0.29, 0.717) is 18.5 Å². The number of nitrogens with two attached hydrogens (primary N) is 1. The molecule has 3 N–H and O–H groups in total. The van der Waals surface area contributed by atoms with E-state index in [-0.39, 0.29) is 5.60 Å². The minimum absolute atomic E-state index is 0.0926. The molecule has 1 aliphatic heterocycles. The predicted octanol–water partition coefficient (Wildman–Crippen LogP) is 2.66. The summed E-state index contributed by atoms with van der Waals surface area (Å²) in [6.45, 7) is 8.97. The van der Waals surface area contributed by atoms with E-state index in [9.17, 15) is 4.21 Å². The molecule has 0 aliphatic carbocycles. The smallest absolute Gasteiger partial charge is 0.0997 e. The number of rotatable bonds is 5. The summed E-state index contributed by atoms with van der Waals surface area (Å²) < 4.78 is 17.3. The summed E-state index contributed by atoms with van der Waals surface area (Å²) in [5.41, 5.74) is 7.58. The van der Waals surface area contributed by atoms with E-state index in [2.05, 4.69) is 31.0 Å². The average molecular weight is 340 g/mol. The lowest BCUT2D eigenvalue weighted by Crippen LogP contribution is -2.41. The first-order chi connectivity index (χ1) is 10.7. The van der Waals surface area contributed by atoms with Gasteiger partial charge in [0.05, 0.1) is 23.7 Å². The SMILES string of the molecule is CS(=O)c1ccc(NC2CCN(COC(C)(C)C)CC2)c(N)c1. The van der Waals surface area contributed by atoms with E-state index in [4.69, 9.17) is 10.5 Å². The Hall–Kier alpha value is -1.11. The lowest BCUT2D eigenvalue weighted by Gasteiger charge is -2.34. The molecule has 0 saturated carbocycles. The van der Waals surface area contributed by atoms with E-state index < -0.39 is 10.8 Å². The number of nitrogens with zero attached hydrogens (tertiary/aromatic N) is 1. The number of benzene rings is 1. The van der Waals surface area contributed by atoms with Crippen LogP contribution in [-0.4, -0.2) is 46.8 Å². The Kier molecular flexibility index (Phi) is 6.06. The van der Waals surface area contributed by atoms with Gasteiger partial charge in [-0.25, -0.2) is 0 Å². The molecule has 1 unspecified atom stereocenters. The third-order valence-electron chi connectivity index (χ3n) is 3.98. The minimum atomic E-state index is -0.997. The molecular weight excluding hydrogens is 310 g/mol. The molecule has 1 aromatic rings. The van der Waals surface area contributed by atoms with Gasteiger partial charge in [0.2, 0.25) is 0 Å². The largest absolute Gasteiger partial charge is 0.397 e. The van der Waals surface area contributed by atoms with Crippen molar-refractivity contribution in [3.8, 4) is 0 Å². The number of anilines is 2. The fourth-order valence-electron chi connectivity index (χ4n) is 2.56. The van der Waals surface area contributed by atoms with Gasteiger partial charge >= 0.3 is 0 Å². The van der Waals surface area contributed by atoms with Gasteiger partial charge in [-0.2, -0.15) is 0 Å². The summed E-state index contributed by atoms with van der Waals surface area (Å²) in [4.78, 5) is 3.11. The van der Waals surface area contributed by atoms with Crippen LogP contribution in [-0.2, 0) is 15.5 Å². The molecule has 1 aromatic carbocycles. The average Bonchev–Trinajstić information content (AvgIpc) is 2.47. The van der Waals surface area contributed by atoms with Crippen LogP contribution in [0.5, 0.6) is 0 Å². The van der Waals surface area contributed by atoms with Crippen LogP contribution in [0.2, 0.25) is 0 Å². The third kappa shape index (κ3) is 5.79. The van der Waals surface area contributed by atoms with Crippen molar-refractivity contribution in [3.63, 3.8) is 0 Å². The number of nitrogens with one attached hydrogen (secondary N) is 1. The Bertz CT molecular complexity index is 549. The Balaban J connectivity index is 1.83. The molecule has 1 atom stereocenters. The molecule has 1 fully saturated rings. The Morgan fingerprint density at radius 1 is 1.35 bits per heavy atom. The van der Waals surface area contributed by atoms with Crippen LogP contribution in [0.1, 0.15) is 33.6 Å². The highest BCUT2D eigenvalue weighted by atomic mass is 32.2. The maximum absolute atomic E-state index is 11.5. The number of hydrogen-bond donors (Lipinski definition) is 2. The van der Waals surface area contributed by atoms with E-state index in [1.807, 2.05) is 12.1 Å². The molecule has 23 heavy (non-hydrogen) atoms. The van der Waals surface area contributed by atoms with Gasteiger partial charge in [0.15, 0.2) is 0 Å². The maximum Gasteiger partial charge on any atom is 0.0997 e. The van der Waals surface area contributed by atoms with Crippen LogP contribution in [0, 0.1) is 0 Å². The number of piperidine rings is 1. The van der Waals surface area contributed by atoms with Crippen molar-refractivity contribution in [2.45, 2.75) is 50.2 Å². The zero-order chi connectivity index (χ0) is 17.0. The molecule has 5 nitrogen and oxygen atoms in total. The van der Waals surface area contributed by atoms with Crippen molar-refractivity contribution < 1.29 is 8.95 Å². The number of nitrogen functional groups attached to an aromatic ring is 1. The monoisotopic (exact) mass is 339 g/mol. The topological polar surface area (TPSA) is 67.6 Å². The molecule has 0 bridgehead atoms. The highest BCUT2D eigenvalue weighted by molar-refractivity contribution is 7.84. The van der Waals surface area contributed by atoms with Gasteiger partial charge in [-0.3, -0.25) is 9.11 Å². The molecule has 0 aromatic heterocycles. The van der Waals surface area contributed by atoms with Gasteiger partial charge < -0.3 is 15.8 Å². The number of likely N-dealkylation sites (tertiary alicyclic amines) is 1. The normalized spacial score (nSPS) is 18.8. The second kappa shape index (κ2) is 7.64. The Labute approximate surface area is 142 Å². The summed E-state index contributed by atoms with van der Waals surface area (Å²) in [5.74, 6) is 0. The van der Waals surface area contributed by atoms with Gasteiger partial charge in [0, 0.05) is 41.1 Å². The fraction of sp³-hybridized carbons (Fsp3) is 0.647. The van der Waals surface area contributed by atoms with E-state index >= 15 is 0 Å². The first kappa shape index (κ1) is 18.2. The first-order valence-electron chi connectivity index (χ1n) is 8.10. The minimum Gasteiger partial charge on any atom is -0.397 e. The highest BCUT2D eigenvalue weighted by Gasteiger charge is 2.21. The van der Waals surface area contributed by atoms with Crippen LogP contribution < -0.4 is 11.1 Å². The molecule has 1 saturated heterocycles. The van der Waals surface area contributed by atoms with Crippen LogP contribution >= 0.6 is 0 Å². The Morgan fingerprint density at radius 3 is 2.52 bits per heavy atom. The van der Waals surface area contributed by atoms with Gasteiger partial charge in [-0.1, -0.05) is 0 Å². The van der Waals surface area contributed by atoms with Crippen molar-refractivity contribution in [1.29, 1.82) is 0 Å². The van der Waals surface area contributed by atoms with Crippen LogP contribution in [0.25, 0.3) is 0 Å². The first-order valence-corrected chi connectivity index (χ1v) is 9.66. The quantitative estimate of drug-likeness (QED) is 0.807. The number of ether oxygens (including phenoxy) is 1. The molecule has 1 aliphatic rings. The molecule has 0 amide bonds. The van der Waals surface area contributed by atoms with Crippen molar-refractivity contribution in [3.05, 3.63) is 18.2 Å². The summed E-state index contributed by atoms with van der Waals surface area (Å²) in [7, 11) is -0.997. The second-order valence-electron chi connectivity index (χ2n) is 7.13. The van der Waals surface area contributed by atoms with E-state index in [1.54, 1.807) is 12.3 Å². The fourth-order valence-corrected chi connectivity index (χ4v) is 3.11. The summed E-state index contributed by atoms with van der Waals surface area (Å²) in [6.07, 6.45) is 3.79. The molecule has 130 valence electrons. The second-order valence-corrected chi connectivity index (χ2v) is 8.51. The van der Waals surface area contributed by atoms with Gasteiger partial charge in [-0.05, 0) is 51.8 Å². The summed E-state index contributed by atoms with van der Waals surface area (Å²) in [6, 6.07) is 6.02. The van der Waals surface area contributed by atoms with Crippen LogP contribution in [0.3, 0.4) is 0 Å². The standard InChI is InChI=1S/C17H29N3O2S/c1-17(2,3)22-12-20-9-7-13(8-10-20)19-16-6-5-14(23(4)21)11-15(16)18/h5-6,11,13,19H,7-10,12,18H2,1-4H3. The van der Waals surface area contributed by atoms with Crippen molar-refractivity contribution in [1.82, 2.24) is 4.90 Å². The van der Waals surface area contributed by atoms with E-state index in [1.165, 1.54) is 0 Å². The molecule has 0 spiro atoms. The molecule has 0 radical (unpaired) electrons. The van der Waals surface area contributed by atoms with Crippen molar-refractivity contribution >= 4 is 22.2 Å². The maximum atomic E-state index is 11.5. The molecule has 2 rings (SSSR count). The van der Waals surface area contributed by atoms with Gasteiger partial charge in [0.25, 0.3) is 0 Å². The van der Waals surface area contributed by atoms with Gasteiger partial charge in [0.1, 0.15) is 0 Å². The van der Waals surface area contributed by atoms with Crippen LogP contribution in [0.15, 0.2) is 23.1 Å². The van der Waals surface area contributed by atoms with Crippen molar-refractivity contribution in [2.75, 3.05) is 37.1 Å². The zero-order valence-electron chi connectivity index (χ0n) is 14.6. The molecular formula is C17H29N3O2S.